The molecule has 1 fully saturated rings. The van der Waals surface area contributed by atoms with Crippen molar-refractivity contribution in [2.24, 2.45) is 5.92 Å². The Hall–Kier alpha value is -0.660. The standard InChI is InChI=1S/C13H21FO/c1-2-3-9-12(14)10-13(15)11-7-5-4-6-8-11/h10-11H,2-9H2,1H3/b12-10-. The Labute approximate surface area is 91.8 Å². The van der Waals surface area contributed by atoms with Crippen molar-refractivity contribution in [1.29, 1.82) is 0 Å². The second-order valence-electron chi connectivity index (χ2n) is 4.43. The fourth-order valence-corrected chi connectivity index (χ4v) is 2.08. The number of hydrogen-bond acceptors (Lipinski definition) is 1. The van der Waals surface area contributed by atoms with Gasteiger partial charge in [-0.25, -0.2) is 4.39 Å². The Morgan fingerprint density at radius 1 is 1.33 bits per heavy atom. The van der Waals surface area contributed by atoms with Crippen molar-refractivity contribution in [2.75, 3.05) is 0 Å². The maximum absolute atomic E-state index is 13.2. The summed E-state index contributed by atoms with van der Waals surface area (Å²) >= 11 is 0. The molecule has 0 aromatic rings. The molecule has 1 aliphatic rings. The van der Waals surface area contributed by atoms with Gasteiger partial charge in [0.2, 0.25) is 0 Å². The van der Waals surface area contributed by atoms with Crippen molar-refractivity contribution in [3.63, 3.8) is 0 Å². The van der Waals surface area contributed by atoms with Crippen LogP contribution in [0, 0.1) is 5.92 Å². The molecule has 0 saturated heterocycles. The number of unbranched alkanes of at least 4 members (excludes halogenated alkanes) is 1. The second-order valence-corrected chi connectivity index (χ2v) is 4.43. The SMILES string of the molecule is CCCC/C(F)=C/C(=O)C1CCCCC1. The van der Waals surface area contributed by atoms with Crippen LogP contribution >= 0.6 is 0 Å². The van der Waals surface area contributed by atoms with Crippen molar-refractivity contribution in [2.45, 2.75) is 58.3 Å². The zero-order valence-electron chi connectivity index (χ0n) is 9.60. The lowest BCUT2D eigenvalue weighted by Gasteiger charge is -2.18. The third-order valence-corrected chi connectivity index (χ3v) is 3.08. The summed E-state index contributed by atoms with van der Waals surface area (Å²) in [5.74, 6) is -0.109. The zero-order chi connectivity index (χ0) is 11.1. The summed E-state index contributed by atoms with van der Waals surface area (Å²) in [6.07, 6.45) is 8.86. The lowest BCUT2D eigenvalue weighted by molar-refractivity contribution is -0.119. The molecule has 0 aromatic heterocycles. The second kappa shape index (κ2) is 6.76. The summed E-state index contributed by atoms with van der Waals surface area (Å²) in [6.45, 7) is 2.02. The van der Waals surface area contributed by atoms with Gasteiger partial charge >= 0.3 is 0 Å². The van der Waals surface area contributed by atoms with Crippen LogP contribution in [0.25, 0.3) is 0 Å². The highest BCUT2D eigenvalue weighted by Crippen LogP contribution is 2.25. The first-order chi connectivity index (χ1) is 7.24. The quantitative estimate of drug-likeness (QED) is 0.625. The molecule has 2 heteroatoms. The van der Waals surface area contributed by atoms with E-state index < -0.39 is 0 Å². The Bertz CT molecular complexity index is 227. The van der Waals surface area contributed by atoms with E-state index in [1.807, 2.05) is 6.92 Å². The number of allylic oxidation sites excluding steroid dienone is 2. The molecule has 15 heavy (non-hydrogen) atoms. The molecule has 0 atom stereocenters. The van der Waals surface area contributed by atoms with E-state index in [9.17, 15) is 9.18 Å². The smallest absolute Gasteiger partial charge is 0.161 e. The Balaban J connectivity index is 2.38. The van der Waals surface area contributed by atoms with Gasteiger partial charge in [0.15, 0.2) is 5.78 Å². The predicted octanol–water partition coefficient (Wildman–Crippen LogP) is 4.18. The molecule has 0 spiro atoms. The van der Waals surface area contributed by atoms with E-state index in [1.54, 1.807) is 0 Å². The molecule has 0 radical (unpaired) electrons. The third-order valence-electron chi connectivity index (χ3n) is 3.08. The highest BCUT2D eigenvalue weighted by molar-refractivity contribution is 5.92. The number of ketones is 1. The summed E-state index contributed by atoms with van der Waals surface area (Å²) in [6, 6.07) is 0. The van der Waals surface area contributed by atoms with E-state index in [0.717, 1.165) is 38.5 Å². The highest BCUT2D eigenvalue weighted by atomic mass is 19.1. The van der Waals surface area contributed by atoms with Gasteiger partial charge in [-0.1, -0.05) is 32.6 Å². The minimum Gasteiger partial charge on any atom is -0.294 e. The maximum Gasteiger partial charge on any atom is 0.161 e. The van der Waals surface area contributed by atoms with Crippen LogP contribution in [0.4, 0.5) is 4.39 Å². The lowest BCUT2D eigenvalue weighted by atomic mass is 9.86. The maximum atomic E-state index is 13.2. The Morgan fingerprint density at radius 2 is 2.00 bits per heavy atom. The monoisotopic (exact) mass is 212 g/mol. The molecule has 1 nitrogen and oxygen atoms in total. The van der Waals surface area contributed by atoms with Crippen LogP contribution in [0.5, 0.6) is 0 Å². The number of carbonyl (C=O) groups is 1. The molecule has 0 N–H and O–H groups in total. The van der Waals surface area contributed by atoms with Crippen molar-refractivity contribution in [1.82, 2.24) is 0 Å². The molecule has 0 unspecified atom stereocenters. The minimum absolute atomic E-state index is 0.0169. The van der Waals surface area contributed by atoms with Crippen molar-refractivity contribution < 1.29 is 9.18 Å². The van der Waals surface area contributed by atoms with Gasteiger partial charge in [-0.3, -0.25) is 4.79 Å². The fraction of sp³-hybridized carbons (Fsp3) is 0.769. The van der Waals surface area contributed by atoms with Gasteiger partial charge in [-0.15, -0.1) is 0 Å². The van der Waals surface area contributed by atoms with Gasteiger partial charge < -0.3 is 0 Å². The molecule has 1 rings (SSSR count). The normalized spacial score (nSPS) is 19.2. The van der Waals surface area contributed by atoms with E-state index in [2.05, 4.69) is 0 Å². The first kappa shape index (κ1) is 12.4. The van der Waals surface area contributed by atoms with Crippen molar-refractivity contribution in [3.8, 4) is 0 Å². The zero-order valence-corrected chi connectivity index (χ0v) is 9.60. The van der Waals surface area contributed by atoms with Gasteiger partial charge in [0.05, 0.1) is 0 Å². The Kier molecular flexibility index (Phi) is 5.59. The molecule has 0 bridgehead atoms. The van der Waals surface area contributed by atoms with Crippen LogP contribution in [0.2, 0.25) is 0 Å². The summed E-state index contributed by atoms with van der Waals surface area (Å²) in [5, 5.41) is 0. The third kappa shape index (κ3) is 4.59. The highest BCUT2D eigenvalue weighted by Gasteiger charge is 2.19. The average Bonchev–Trinajstić information content (AvgIpc) is 2.27. The topological polar surface area (TPSA) is 17.1 Å². The average molecular weight is 212 g/mol. The molecule has 1 saturated carbocycles. The lowest BCUT2D eigenvalue weighted by Crippen LogP contribution is -2.15. The van der Waals surface area contributed by atoms with Gasteiger partial charge in [0.1, 0.15) is 5.83 Å². The first-order valence-electron chi connectivity index (χ1n) is 6.14. The van der Waals surface area contributed by atoms with Crippen LogP contribution in [0.15, 0.2) is 11.9 Å². The number of hydrogen-bond donors (Lipinski definition) is 0. The number of halogens is 1. The van der Waals surface area contributed by atoms with Crippen molar-refractivity contribution in [3.05, 3.63) is 11.9 Å². The fourth-order valence-electron chi connectivity index (χ4n) is 2.08. The number of carbonyl (C=O) groups excluding carboxylic acids is 1. The summed E-state index contributed by atoms with van der Waals surface area (Å²) in [5.41, 5.74) is 0. The van der Waals surface area contributed by atoms with Gasteiger partial charge in [-0.2, -0.15) is 0 Å². The minimum atomic E-state index is -0.229. The van der Waals surface area contributed by atoms with E-state index in [0.29, 0.717) is 6.42 Å². The molecular formula is C13H21FO. The predicted molar refractivity (Wildman–Crippen MR) is 60.3 cm³/mol. The Morgan fingerprint density at radius 3 is 2.60 bits per heavy atom. The van der Waals surface area contributed by atoms with Crippen LogP contribution in [0.1, 0.15) is 58.3 Å². The molecule has 0 heterocycles. The summed E-state index contributed by atoms with van der Waals surface area (Å²) < 4.78 is 13.2. The van der Waals surface area contributed by atoms with Gasteiger partial charge in [-0.05, 0) is 25.7 Å². The summed E-state index contributed by atoms with van der Waals surface area (Å²) in [4.78, 5) is 11.7. The van der Waals surface area contributed by atoms with Crippen LogP contribution in [-0.2, 0) is 4.79 Å². The summed E-state index contributed by atoms with van der Waals surface area (Å²) in [7, 11) is 0. The molecule has 1 aliphatic carbocycles. The first-order valence-corrected chi connectivity index (χ1v) is 6.14. The molecule has 0 aromatic carbocycles. The van der Waals surface area contributed by atoms with E-state index in [4.69, 9.17) is 0 Å². The van der Waals surface area contributed by atoms with Crippen LogP contribution in [-0.4, -0.2) is 5.78 Å². The molecule has 86 valence electrons. The van der Waals surface area contributed by atoms with E-state index >= 15 is 0 Å². The molecule has 0 aliphatic heterocycles. The largest absolute Gasteiger partial charge is 0.294 e. The van der Waals surface area contributed by atoms with Gasteiger partial charge in [0, 0.05) is 12.0 Å². The van der Waals surface area contributed by atoms with Crippen molar-refractivity contribution >= 4 is 5.78 Å². The van der Waals surface area contributed by atoms with Crippen LogP contribution in [0.3, 0.4) is 0 Å². The molecule has 0 amide bonds. The number of rotatable bonds is 5. The van der Waals surface area contributed by atoms with E-state index in [1.165, 1.54) is 12.5 Å². The van der Waals surface area contributed by atoms with Crippen LogP contribution < -0.4 is 0 Å². The van der Waals surface area contributed by atoms with Gasteiger partial charge in [0.25, 0.3) is 0 Å². The van der Waals surface area contributed by atoms with E-state index in [-0.39, 0.29) is 17.5 Å². The molecular weight excluding hydrogens is 191 g/mol.